The number of carbonyl (C=O) groups excluding carboxylic acids is 2. The first kappa shape index (κ1) is 26.1. The lowest BCUT2D eigenvalue weighted by Gasteiger charge is -2.36. The van der Waals surface area contributed by atoms with Crippen molar-refractivity contribution in [3.63, 3.8) is 0 Å². The number of urea groups is 1. The molecule has 0 radical (unpaired) electrons. The Morgan fingerprint density at radius 3 is 2.16 bits per heavy atom. The van der Waals surface area contributed by atoms with Crippen molar-refractivity contribution in [1.29, 1.82) is 0 Å². The Hall–Kier alpha value is -4.02. The Bertz CT molecular complexity index is 1290. The Balaban J connectivity index is 1.46. The van der Waals surface area contributed by atoms with Crippen molar-refractivity contribution < 1.29 is 35.9 Å². The number of nitrogens with one attached hydrogen (secondary N) is 1. The van der Waals surface area contributed by atoms with Crippen LogP contribution in [0.3, 0.4) is 0 Å². The molecule has 0 atom stereocenters. The molecule has 1 aliphatic rings. The molecule has 3 aromatic rings. The molecule has 5 nitrogen and oxygen atoms in total. The highest BCUT2D eigenvalue weighted by Gasteiger charge is 2.32. The minimum absolute atomic E-state index is 0.124. The van der Waals surface area contributed by atoms with Gasteiger partial charge in [0.2, 0.25) is 0 Å². The number of hydrogen-bond acceptors (Lipinski definition) is 2. The summed E-state index contributed by atoms with van der Waals surface area (Å²) in [6.07, 6.45) is -8.43. The lowest BCUT2D eigenvalue weighted by Crippen LogP contribution is -2.49. The molecule has 0 spiro atoms. The van der Waals surface area contributed by atoms with Crippen LogP contribution in [-0.2, 0) is 18.9 Å². The van der Waals surface area contributed by atoms with Gasteiger partial charge in [0.05, 0.1) is 11.1 Å². The molecular weight excluding hydrogens is 500 g/mol. The number of amides is 3. The molecule has 0 unspecified atom stereocenters. The summed E-state index contributed by atoms with van der Waals surface area (Å²) < 4.78 is 77.3. The Morgan fingerprint density at radius 1 is 0.811 bits per heavy atom. The van der Waals surface area contributed by atoms with E-state index >= 15 is 0 Å². The maximum Gasteiger partial charge on any atom is 0.416 e. The smallest absolute Gasteiger partial charge is 0.322 e. The maximum atomic E-state index is 13.1. The van der Waals surface area contributed by atoms with Crippen LogP contribution in [0.25, 0.3) is 0 Å². The van der Waals surface area contributed by atoms with Gasteiger partial charge in [-0.1, -0.05) is 24.3 Å². The number of benzene rings is 3. The van der Waals surface area contributed by atoms with E-state index in [1.807, 2.05) is 0 Å². The number of rotatable bonds is 5. The summed E-state index contributed by atoms with van der Waals surface area (Å²) in [5, 5.41) is 2.55. The van der Waals surface area contributed by atoms with E-state index in [4.69, 9.17) is 0 Å². The number of nitrogens with zero attached hydrogens (tertiary/aromatic N) is 2. The Labute approximate surface area is 208 Å². The third kappa shape index (κ3) is 6.22. The fourth-order valence-electron chi connectivity index (χ4n) is 3.98. The molecule has 0 bridgehead atoms. The van der Waals surface area contributed by atoms with Gasteiger partial charge in [0.15, 0.2) is 0 Å². The van der Waals surface area contributed by atoms with Gasteiger partial charge in [-0.15, -0.1) is 0 Å². The summed E-state index contributed by atoms with van der Waals surface area (Å²) in [7, 11) is 0. The standard InChI is InChI=1S/C26H21F6N3O2/c27-25(28,29)19-10-8-17(9-11-19)16-34-12-3-13-35(24(34)37)22-7-2-6-21(15-22)33-23(36)18-4-1-5-20(14-18)26(30,31)32/h1-2,4-11,14-15H,3,12-13,16H2,(H,33,36). The van der Waals surface area contributed by atoms with Crippen molar-refractivity contribution in [2.24, 2.45) is 0 Å². The highest BCUT2D eigenvalue weighted by molar-refractivity contribution is 6.05. The third-order valence-electron chi connectivity index (χ3n) is 5.83. The van der Waals surface area contributed by atoms with Crippen LogP contribution < -0.4 is 10.2 Å². The van der Waals surface area contributed by atoms with Crippen molar-refractivity contribution >= 4 is 23.3 Å². The Morgan fingerprint density at radius 2 is 1.49 bits per heavy atom. The van der Waals surface area contributed by atoms with E-state index in [9.17, 15) is 35.9 Å². The monoisotopic (exact) mass is 521 g/mol. The summed E-state index contributed by atoms with van der Waals surface area (Å²) in [6.45, 7) is 0.926. The molecule has 0 aliphatic carbocycles. The van der Waals surface area contributed by atoms with Crippen LogP contribution >= 0.6 is 0 Å². The van der Waals surface area contributed by atoms with Gasteiger partial charge in [0, 0.05) is 36.6 Å². The molecular formula is C26H21F6N3O2. The quantitative estimate of drug-likeness (QED) is 0.375. The number of alkyl halides is 6. The zero-order chi connectivity index (χ0) is 26.8. The summed E-state index contributed by atoms with van der Waals surface area (Å²) in [5.41, 5.74) is -0.591. The molecule has 0 aromatic heterocycles. The second-order valence-corrected chi connectivity index (χ2v) is 8.49. The highest BCUT2D eigenvalue weighted by atomic mass is 19.4. The number of carbonyl (C=O) groups is 2. The van der Waals surface area contributed by atoms with Crippen molar-refractivity contribution in [2.45, 2.75) is 25.3 Å². The summed E-state index contributed by atoms with van der Waals surface area (Å²) in [6, 6.07) is 14.6. The molecule has 4 rings (SSSR count). The zero-order valence-electron chi connectivity index (χ0n) is 19.2. The van der Waals surface area contributed by atoms with E-state index in [1.165, 1.54) is 34.1 Å². The highest BCUT2D eigenvalue weighted by Crippen LogP contribution is 2.31. The van der Waals surface area contributed by atoms with Crippen LogP contribution in [0.5, 0.6) is 0 Å². The van der Waals surface area contributed by atoms with E-state index in [1.54, 1.807) is 18.2 Å². The molecule has 37 heavy (non-hydrogen) atoms. The van der Waals surface area contributed by atoms with E-state index in [0.29, 0.717) is 30.8 Å². The fourth-order valence-corrected chi connectivity index (χ4v) is 3.98. The van der Waals surface area contributed by atoms with Gasteiger partial charge in [-0.25, -0.2) is 4.79 Å². The van der Waals surface area contributed by atoms with Crippen LogP contribution in [0.2, 0.25) is 0 Å². The molecule has 1 heterocycles. The molecule has 1 aliphatic heterocycles. The van der Waals surface area contributed by atoms with Crippen molar-refractivity contribution in [3.05, 3.63) is 95.1 Å². The van der Waals surface area contributed by atoms with E-state index in [-0.39, 0.29) is 23.8 Å². The van der Waals surface area contributed by atoms with E-state index in [2.05, 4.69) is 5.32 Å². The Kier molecular flexibility index (Phi) is 7.15. The molecule has 3 amide bonds. The average Bonchev–Trinajstić information content (AvgIpc) is 2.85. The molecule has 1 N–H and O–H groups in total. The van der Waals surface area contributed by atoms with Crippen LogP contribution in [0.15, 0.2) is 72.8 Å². The maximum absolute atomic E-state index is 13.1. The third-order valence-corrected chi connectivity index (χ3v) is 5.83. The lowest BCUT2D eigenvalue weighted by molar-refractivity contribution is -0.138. The van der Waals surface area contributed by atoms with Crippen molar-refractivity contribution in [3.8, 4) is 0 Å². The first-order valence-electron chi connectivity index (χ1n) is 11.2. The van der Waals surface area contributed by atoms with E-state index < -0.39 is 29.4 Å². The summed E-state index contributed by atoms with van der Waals surface area (Å²) in [4.78, 5) is 28.7. The van der Waals surface area contributed by atoms with Gasteiger partial charge in [0.1, 0.15) is 0 Å². The predicted octanol–water partition coefficient (Wildman–Crippen LogP) is 6.81. The molecule has 0 saturated carbocycles. The van der Waals surface area contributed by atoms with Gasteiger partial charge in [-0.05, 0) is 60.5 Å². The van der Waals surface area contributed by atoms with Crippen molar-refractivity contribution in [1.82, 2.24) is 4.90 Å². The number of anilines is 2. The molecule has 11 heteroatoms. The van der Waals surface area contributed by atoms with Gasteiger partial charge in [-0.3, -0.25) is 9.69 Å². The topological polar surface area (TPSA) is 52.7 Å². The molecule has 1 saturated heterocycles. The van der Waals surface area contributed by atoms with Crippen LogP contribution in [0.1, 0.15) is 33.5 Å². The van der Waals surface area contributed by atoms with Crippen LogP contribution in [0.4, 0.5) is 42.5 Å². The van der Waals surface area contributed by atoms with Crippen LogP contribution in [0, 0.1) is 0 Å². The first-order valence-corrected chi connectivity index (χ1v) is 11.2. The minimum Gasteiger partial charge on any atom is -0.322 e. The van der Waals surface area contributed by atoms with Gasteiger partial charge in [0.25, 0.3) is 5.91 Å². The first-order chi connectivity index (χ1) is 17.4. The average molecular weight is 521 g/mol. The molecule has 1 fully saturated rings. The van der Waals surface area contributed by atoms with Crippen LogP contribution in [-0.4, -0.2) is 29.9 Å². The van der Waals surface area contributed by atoms with E-state index in [0.717, 1.165) is 30.3 Å². The SMILES string of the molecule is O=C(Nc1cccc(N2CCCN(Cc3ccc(C(F)(F)F)cc3)C2=O)c1)c1cccc(C(F)(F)F)c1. The summed E-state index contributed by atoms with van der Waals surface area (Å²) in [5.74, 6) is -0.739. The number of halogens is 6. The van der Waals surface area contributed by atoms with Gasteiger partial charge >= 0.3 is 18.4 Å². The molecule has 194 valence electrons. The second-order valence-electron chi connectivity index (χ2n) is 8.49. The second kappa shape index (κ2) is 10.2. The van der Waals surface area contributed by atoms with Gasteiger partial charge < -0.3 is 10.2 Å². The largest absolute Gasteiger partial charge is 0.416 e. The predicted molar refractivity (Wildman–Crippen MR) is 125 cm³/mol. The number of hydrogen-bond donors (Lipinski definition) is 1. The van der Waals surface area contributed by atoms with Gasteiger partial charge in [-0.2, -0.15) is 26.3 Å². The van der Waals surface area contributed by atoms with Crippen molar-refractivity contribution in [2.75, 3.05) is 23.3 Å². The molecule has 3 aromatic carbocycles. The normalized spacial score (nSPS) is 14.6. The fraction of sp³-hybridized carbons (Fsp3) is 0.231. The minimum atomic E-state index is -4.59. The summed E-state index contributed by atoms with van der Waals surface area (Å²) >= 11 is 0. The lowest BCUT2D eigenvalue weighted by atomic mass is 10.1. The zero-order valence-corrected chi connectivity index (χ0v) is 19.2.